The van der Waals surface area contributed by atoms with Crippen LogP contribution in [0.15, 0.2) is 35.5 Å². The predicted octanol–water partition coefficient (Wildman–Crippen LogP) is 3.92. The van der Waals surface area contributed by atoms with Gasteiger partial charge in [-0.2, -0.15) is 5.10 Å². The maximum atomic E-state index is 5.68. The zero-order valence-electron chi connectivity index (χ0n) is 19.7. The molecule has 0 amide bonds. The molecule has 0 saturated carbocycles. The molecule has 0 unspecified atom stereocenters. The van der Waals surface area contributed by atoms with Crippen LogP contribution in [0.4, 0.5) is 0 Å². The number of nitrogens with zero attached hydrogens (tertiary/aromatic N) is 4. The monoisotopic (exact) mass is 543 g/mol. The van der Waals surface area contributed by atoms with Gasteiger partial charge < -0.3 is 19.7 Å². The van der Waals surface area contributed by atoms with E-state index in [0.717, 1.165) is 30.4 Å². The third kappa shape index (κ3) is 9.16. The second-order valence-electron chi connectivity index (χ2n) is 7.69. The molecule has 8 heteroatoms. The molecule has 0 atom stereocenters. The Morgan fingerprint density at radius 1 is 1.23 bits per heavy atom. The number of aryl methyl sites for hydroxylation is 1. The molecule has 1 N–H and O–H groups in total. The summed E-state index contributed by atoms with van der Waals surface area (Å²) in [6.45, 7) is 10.4. The smallest absolute Gasteiger partial charge is 0.193 e. The topological polar surface area (TPSA) is 63.9 Å². The van der Waals surface area contributed by atoms with Gasteiger partial charge in [0.1, 0.15) is 0 Å². The van der Waals surface area contributed by atoms with Gasteiger partial charge >= 0.3 is 0 Å². The van der Waals surface area contributed by atoms with E-state index in [2.05, 4.69) is 71.7 Å². The molecule has 1 heterocycles. The lowest BCUT2D eigenvalue weighted by Crippen LogP contribution is -2.38. The molecule has 0 aliphatic heterocycles. The molecule has 0 bridgehead atoms. The number of benzene rings is 1. The summed E-state index contributed by atoms with van der Waals surface area (Å²) in [5.74, 6) is 1.25. The first-order valence-electron chi connectivity index (χ1n) is 10.6. The highest BCUT2D eigenvalue weighted by Gasteiger charge is 2.15. The molecule has 1 aromatic heterocycles. The van der Waals surface area contributed by atoms with E-state index in [-0.39, 0.29) is 24.0 Å². The van der Waals surface area contributed by atoms with Crippen LogP contribution in [0.2, 0.25) is 0 Å². The molecule has 0 saturated heterocycles. The van der Waals surface area contributed by atoms with E-state index >= 15 is 0 Å². The highest BCUT2D eigenvalue weighted by atomic mass is 127. The summed E-state index contributed by atoms with van der Waals surface area (Å²) < 4.78 is 12.9. The van der Waals surface area contributed by atoms with E-state index in [0.29, 0.717) is 32.3 Å². The van der Waals surface area contributed by atoms with E-state index in [9.17, 15) is 0 Å². The zero-order chi connectivity index (χ0) is 21.9. The van der Waals surface area contributed by atoms with Crippen LogP contribution in [0.3, 0.4) is 0 Å². The second kappa shape index (κ2) is 14.4. The van der Waals surface area contributed by atoms with Crippen molar-refractivity contribution >= 4 is 29.9 Å². The van der Waals surface area contributed by atoms with Gasteiger partial charge in [-0.15, -0.1) is 24.0 Å². The van der Waals surface area contributed by atoms with Crippen LogP contribution in [-0.2, 0) is 36.2 Å². The molecule has 0 fully saturated rings. The third-order valence-electron chi connectivity index (χ3n) is 4.75. The Balaban J connectivity index is 0.00000480. The number of aromatic nitrogens is 2. The first kappa shape index (κ1) is 27.4. The van der Waals surface area contributed by atoms with E-state index in [4.69, 9.17) is 9.47 Å². The van der Waals surface area contributed by atoms with Crippen molar-refractivity contribution in [2.24, 2.45) is 12.0 Å². The zero-order valence-corrected chi connectivity index (χ0v) is 22.1. The Morgan fingerprint density at radius 2 is 1.94 bits per heavy atom. The van der Waals surface area contributed by atoms with E-state index < -0.39 is 0 Å². The van der Waals surface area contributed by atoms with Crippen LogP contribution in [0.25, 0.3) is 0 Å². The highest BCUT2D eigenvalue weighted by Crippen LogP contribution is 2.18. The van der Waals surface area contributed by atoms with Crippen molar-refractivity contribution in [1.82, 2.24) is 20.0 Å². The largest absolute Gasteiger partial charge is 0.379 e. The van der Waals surface area contributed by atoms with Crippen molar-refractivity contribution < 1.29 is 9.47 Å². The molecule has 0 aliphatic rings. The molecule has 1 aromatic carbocycles. The molecule has 174 valence electrons. The summed E-state index contributed by atoms with van der Waals surface area (Å²) in [5, 5.41) is 8.06. The van der Waals surface area contributed by atoms with Crippen LogP contribution in [-0.4, -0.2) is 54.6 Å². The molecule has 7 nitrogen and oxygen atoms in total. The van der Waals surface area contributed by atoms with Crippen LogP contribution in [0, 0.1) is 0 Å². The summed E-state index contributed by atoms with van der Waals surface area (Å²) in [6, 6.07) is 8.43. The predicted molar refractivity (Wildman–Crippen MR) is 137 cm³/mol. The fourth-order valence-corrected chi connectivity index (χ4v) is 3.34. The Labute approximate surface area is 204 Å². The quantitative estimate of drug-likeness (QED) is 0.202. The number of halogens is 1. The van der Waals surface area contributed by atoms with Gasteiger partial charge in [-0.25, -0.2) is 0 Å². The van der Waals surface area contributed by atoms with Crippen LogP contribution in [0.1, 0.15) is 49.1 Å². The minimum atomic E-state index is 0. The maximum Gasteiger partial charge on any atom is 0.193 e. The number of aliphatic imine (C=N–C) groups is 1. The molecule has 2 rings (SSSR count). The SMILES string of the molecule is CCOCCOCc1cccc(CNC(=NC)N(C)Cc2cn(C)nc2C(C)C)c1.I. The fraction of sp³-hybridized carbons (Fsp3) is 0.565. The van der Waals surface area contributed by atoms with E-state index in [1.807, 2.05) is 25.7 Å². The molecule has 0 aliphatic carbocycles. The number of nitrogens with one attached hydrogen (secondary N) is 1. The molecule has 0 spiro atoms. The Morgan fingerprint density at radius 3 is 2.61 bits per heavy atom. The van der Waals surface area contributed by atoms with Gasteiger partial charge in [0.25, 0.3) is 0 Å². The molecular formula is C23H38IN5O2. The average Bonchev–Trinajstić information content (AvgIpc) is 3.09. The summed E-state index contributed by atoms with van der Waals surface area (Å²) in [4.78, 5) is 6.58. The summed E-state index contributed by atoms with van der Waals surface area (Å²) in [6.07, 6.45) is 2.09. The summed E-state index contributed by atoms with van der Waals surface area (Å²) >= 11 is 0. The van der Waals surface area contributed by atoms with Gasteiger partial charge in [0.15, 0.2) is 5.96 Å². The van der Waals surface area contributed by atoms with Gasteiger partial charge in [0.2, 0.25) is 0 Å². The van der Waals surface area contributed by atoms with Gasteiger partial charge in [0, 0.05) is 52.6 Å². The van der Waals surface area contributed by atoms with E-state index in [1.165, 1.54) is 11.1 Å². The Hall–Kier alpha value is -1.65. The number of hydrogen-bond acceptors (Lipinski definition) is 4. The first-order valence-corrected chi connectivity index (χ1v) is 10.6. The van der Waals surface area contributed by atoms with Gasteiger partial charge in [-0.3, -0.25) is 9.67 Å². The number of rotatable bonds is 11. The number of guanidine groups is 1. The molecule has 2 aromatic rings. The minimum absolute atomic E-state index is 0. The average molecular weight is 543 g/mol. The minimum Gasteiger partial charge on any atom is -0.379 e. The molecular weight excluding hydrogens is 505 g/mol. The fourth-order valence-electron chi connectivity index (χ4n) is 3.34. The van der Waals surface area contributed by atoms with Crippen molar-refractivity contribution in [3.8, 4) is 0 Å². The lowest BCUT2D eigenvalue weighted by Gasteiger charge is -2.22. The van der Waals surface area contributed by atoms with Crippen LogP contribution >= 0.6 is 24.0 Å². The Kier molecular flexibility index (Phi) is 12.7. The van der Waals surface area contributed by atoms with Crippen molar-refractivity contribution in [3.05, 3.63) is 52.8 Å². The molecule has 31 heavy (non-hydrogen) atoms. The summed E-state index contributed by atoms with van der Waals surface area (Å²) in [7, 11) is 5.83. The van der Waals surface area contributed by atoms with E-state index in [1.54, 1.807) is 0 Å². The maximum absolute atomic E-state index is 5.68. The van der Waals surface area contributed by atoms with Gasteiger partial charge in [-0.05, 0) is 24.0 Å². The second-order valence-corrected chi connectivity index (χ2v) is 7.69. The van der Waals surface area contributed by atoms with Crippen LogP contribution in [0.5, 0.6) is 0 Å². The normalized spacial score (nSPS) is 11.5. The highest BCUT2D eigenvalue weighted by molar-refractivity contribution is 14.0. The first-order chi connectivity index (χ1) is 14.4. The summed E-state index contributed by atoms with van der Waals surface area (Å²) in [5.41, 5.74) is 4.71. The number of hydrogen-bond donors (Lipinski definition) is 1. The number of ether oxygens (including phenoxy) is 2. The van der Waals surface area contributed by atoms with Crippen molar-refractivity contribution in [3.63, 3.8) is 0 Å². The lowest BCUT2D eigenvalue weighted by atomic mass is 10.1. The van der Waals surface area contributed by atoms with Crippen molar-refractivity contribution in [2.45, 2.75) is 46.4 Å². The third-order valence-corrected chi connectivity index (χ3v) is 4.75. The lowest BCUT2D eigenvalue weighted by molar-refractivity contribution is 0.0453. The molecule has 0 radical (unpaired) electrons. The van der Waals surface area contributed by atoms with Gasteiger partial charge in [-0.1, -0.05) is 38.1 Å². The standard InChI is InChI=1S/C23H37N5O2.HI/c1-7-29-11-12-30-17-20-10-8-9-19(13-20)14-25-23(24-4)27(5)15-21-16-28(6)26-22(21)18(2)3;/h8-10,13,16,18H,7,11-12,14-15,17H2,1-6H3,(H,24,25);1H. The van der Waals surface area contributed by atoms with Crippen molar-refractivity contribution in [2.75, 3.05) is 33.9 Å². The van der Waals surface area contributed by atoms with Gasteiger partial charge in [0.05, 0.1) is 25.5 Å². The van der Waals surface area contributed by atoms with Crippen molar-refractivity contribution in [1.29, 1.82) is 0 Å². The Bertz CT molecular complexity index is 807. The van der Waals surface area contributed by atoms with Crippen LogP contribution < -0.4 is 5.32 Å².